The molecule has 18 heavy (non-hydrogen) atoms. The van der Waals surface area contributed by atoms with Crippen molar-refractivity contribution in [3.8, 4) is 0 Å². The van der Waals surface area contributed by atoms with Crippen molar-refractivity contribution >= 4 is 11.4 Å². The molecule has 0 spiro atoms. The Bertz CT molecular complexity index is 332. The fourth-order valence-corrected chi connectivity index (χ4v) is 2.23. The normalized spacial score (nSPS) is 12.6. The second-order valence-electron chi connectivity index (χ2n) is 4.92. The average molecular weight is 250 g/mol. The first-order valence-electron chi connectivity index (χ1n) is 6.83. The smallest absolute Gasteiger partial charge is 0.0611 e. The number of nitrogen functional groups attached to an aromatic ring is 2. The van der Waals surface area contributed by atoms with Crippen LogP contribution in [0.1, 0.15) is 44.6 Å². The van der Waals surface area contributed by atoms with Crippen LogP contribution in [0.3, 0.4) is 0 Å². The highest BCUT2D eigenvalue weighted by Crippen LogP contribution is 2.18. The Morgan fingerprint density at radius 1 is 1.06 bits per heavy atom. The molecule has 1 atom stereocenters. The SMILES string of the molecule is CCCCCCC(Cc1cc(N)cc(N)c1)OC. The molecule has 0 aliphatic heterocycles. The molecule has 0 saturated heterocycles. The maximum atomic E-state index is 5.80. The van der Waals surface area contributed by atoms with Crippen molar-refractivity contribution in [3.05, 3.63) is 23.8 Å². The Morgan fingerprint density at radius 2 is 1.72 bits per heavy atom. The fourth-order valence-electron chi connectivity index (χ4n) is 2.23. The molecular weight excluding hydrogens is 224 g/mol. The Kier molecular flexibility index (Phi) is 6.58. The van der Waals surface area contributed by atoms with Gasteiger partial charge in [0, 0.05) is 18.5 Å². The molecule has 1 rings (SSSR count). The molecule has 0 aromatic heterocycles. The van der Waals surface area contributed by atoms with Crippen LogP contribution in [0.4, 0.5) is 11.4 Å². The van der Waals surface area contributed by atoms with Gasteiger partial charge in [-0.25, -0.2) is 0 Å². The fraction of sp³-hybridized carbons (Fsp3) is 0.600. The van der Waals surface area contributed by atoms with Crippen LogP contribution in [0.15, 0.2) is 18.2 Å². The number of unbranched alkanes of at least 4 members (excludes halogenated alkanes) is 3. The van der Waals surface area contributed by atoms with Gasteiger partial charge in [-0.15, -0.1) is 0 Å². The van der Waals surface area contributed by atoms with E-state index in [4.69, 9.17) is 16.2 Å². The topological polar surface area (TPSA) is 61.3 Å². The summed E-state index contributed by atoms with van der Waals surface area (Å²) < 4.78 is 5.53. The number of nitrogens with two attached hydrogens (primary N) is 2. The van der Waals surface area contributed by atoms with Gasteiger partial charge in [0.15, 0.2) is 0 Å². The lowest BCUT2D eigenvalue weighted by Crippen LogP contribution is -2.14. The number of hydrogen-bond donors (Lipinski definition) is 2. The summed E-state index contributed by atoms with van der Waals surface area (Å²) in [6, 6.07) is 5.75. The molecule has 102 valence electrons. The zero-order chi connectivity index (χ0) is 13.4. The number of methoxy groups -OCH3 is 1. The molecule has 1 unspecified atom stereocenters. The molecular formula is C15H26N2O. The first-order valence-corrected chi connectivity index (χ1v) is 6.83. The van der Waals surface area contributed by atoms with Gasteiger partial charge in [-0.05, 0) is 36.6 Å². The van der Waals surface area contributed by atoms with Crippen molar-refractivity contribution in [1.29, 1.82) is 0 Å². The van der Waals surface area contributed by atoms with Gasteiger partial charge in [-0.1, -0.05) is 32.6 Å². The quantitative estimate of drug-likeness (QED) is 0.549. The summed E-state index contributed by atoms with van der Waals surface area (Å²) >= 11 is 0. The summed E-state index contributed by atoms with van der Waals surface area (Å²) in [5.41, 5.74) is 14.2. The Balaban J connectivity index is 2.46. The van der Waals surface area contributed by atoms with Crippen molar-refractivity contribution < 1.29 is 4.74 Å². The van der Waals surface area contributed by atoms with Crippen LogP contribution in [0.2, 0.25) is 0 Å². The van der Waals surface area contributed by atoms with E-state index < -0.39 is 0 Å². The molecule has 0 amide bonds. The molecule has 0 bridgehead atoms. The van der Waals surface area contributed by atoms with Crippen LogP contribution < -0.4 is 11.5 Å². The zero-order valence-corrected chi connectivity index (χ0v) is 11.6. The lowest BCUT2D eigenvalue weighted by atomic mass is 10.0. The van der Waals surface area contributed by atoms with Crippen LogP contribution in [0.25, 0.3) is 0 Å². The number of ether oxygens (including phenoxy) is 1. The summed E-state index contributed by atoms with van der Waals surface area (Å²) in [5, 5.41) is 0. The highest BCUT2D eigenvalue weighted by molar-refractivity contribution is 5.54. The standard InChI is InChI=1S/C15H26N2O/c1-3-4-5-6-7-15(18-2)10-12-8-13(16)11-14(17)9-12/h8-9,11,15H,3-7,10,16-17H2,1-2H3. The molecule has 0 aliphatic carbocycles. The van der Waals surface area contributed by atoms with Crippen LogP contribution in [-0.4, -0.2) is 13.2 Å². The van der Waals surface area contributed by atoms with Crippen molar-refractivity contribution in [2.75, 3.05) is 18.6 Å². The van der Waals surface area contributed by atoms with Crippen LogP contribution in [-0.2, 0) is 11.2 Å². The largest absolute Gasteiger partial charge is 0.399 e. The van der Waals surface area contributed by atoms with Gasteiger partial charge in [0.05, 0.1) is 6.10 Å². The lowest BCUT2D eigenvalue weighted by molar-refractivity contribution is 0.0931. The third-order valence-electron chi connectivity index (χ3n) is 3.21. The Labute approximate surface area is 111 Å². The molecule has 0 aliphatic rings. The van der Waals surface area contributed by atoms with E-state index in [9.17, 15) is 0 Å². The van der Waals surface area contributed by atoms with E-state index in [1.165, 1.54) is 25.7 Å². The van der Waals surface area contributed by atoms with Gasteiger partial charge >= 0.3 is 0 Å². The van der Waals surface area contributed by atoms with Gasteiger partial charge in [0.2, 0.25) is 0 Å². The summed E-state index contributed by atoms with van der Waals surface area (Å²) in [6.07, 6.45) is 7.34. The Morgan fingerprint density at radius 3 is 2.28 bits per heavy atom. The molecule has 3 nitrogen and oxygen atoms in total. The minimum atomic E-state index is 0.267. The number of hydrogen-bond acceptors (Lipinski definition) is 3. The van der Waals surface area contributed by atoms with Gasteiger partial charge in [0.1, 0.15) is 0 Å². The molecule has 1 aromatic carbocycles. The third kappa shape index (κ3) is 5.41. The van der Waals surface area contributed by atoms with Gasteiger partial charge in [0.25, 0.3) is 0 Å². The average Bonchev–Trinajstić information content (AvgIpc) is 2.32. The van der Waals surface area contributed by atoms with Crippen LogP contribution in [0.5, 0.6) is 0 Å². The van der Waals surface area contributed by atoms with E-state index in [0.29, 0.717) is 0 Å². The van der Waals surface area contributed by atoms with E-state index in [2.05, 4.69) is 6.92 Å². The molecule has 0 radical (unpaired) electrons. The van der Waals surface area contributed by atoms with Crippen molar-refractivity contribution in [3.63, 3.8) is 0 Å². The molecule has 1 aromatic rings. The van der Waals surface area contributed by atoms with Gasteiger partial charge < -0.3 is 16.2 Å². The minimum Gasteiger partial charge on any atom is -0.399 e. The second kappa shape index (κ2) is 7.98. The van der Waals surface area contributed by atoms with Crippen molar-refractivity contribution in [2.24, 2.45) is 0 Å². The second-order valence-corrected chi connectivity index (χ2v) is 4.92. The van der Waals surface area contributed by atoms with Gasteiger partial charge in [-0.2, -0.15) is 0 Å². The lowest BCUT2D eigenvalue weighted by Gasteiger charge is -2.16. The number of rotatable bonds is 8. The van der Waals surface area contributed by atoms with E-state index in [-0.39, 0.29) is 6.10 Å². The number of anilines is 2. The first kappa shape index (κ1) is 14.8. The third-order valence-corrected chi connectivity index (χ3v) is 3.21. The monoisotopic (exact) mass is 250 g/mol. The molecule has 0 saturated carbocycles. The van der Waals surface area contributed by atoms with Crippen molar-refractivity contribution in [2.45, 2.75) is 51.6 Å². The maximum Gasteiger partial charge on any atom is 0.0611 e. The zero-order valence-electron chi connectivity index (χ0n) is 11.6. The molecule has 0 heterocycles. The van der Waals surface area contributed by atoms with Gasteiger partial charge in [-0.3, -0.25) is 0 Å². The Hall–Kier alpha value is -1.22. The van der Waals surface area contributed by atoms with Crippen LogP contribution in [0, 0.1) is 0 Å². The molecule has 3 heteroatoms. The van der Waals surface area contributed by atoms with Crippen LogP contribution >= 0.6 is 0 Å². The summed E-state index contributed by atoms with van der Waals surface area (Å²) in [4.78, 5) is 0. The van der Waals surface area contributed by atoms with E-state index in [1.807, 2.05) is 12.1 Å². The molecule has 0 fully saturated rings. The first-order chi connectivity index (χ1) is 8.65. The summed E-state index contributed by atoms with van der Waals surface area (Å²) in [5.74, 6) is 0. The summed E-state index contributed by atoms with van der Waals surface area (Å²) in [6.45, 7) is 2.23. The van der Waals surface area contributed by atoms with E-state index >= 15 is 0 Å². The van der Waals surface area contributed by atoms with Crippen molar-refractivity contribution in [1.82, 2.24) is 0 Å². The highest BCUT2D eigenvalue weighted by Gasteiger charge is 2.09. The number of benzene rings is 1. The summed E-state index contributed by atoms with van der Waals surface area (Å²) in [7, 11) is 1.78. The minimum absolute atomic E-state index is 0.267. The predicted molar refractivity (Wildman–Crippen MR) is 78.5 cm³/mol. The van der Waals surface area contributed by atoms with E-state index in [1.54, 1.807) is 13.2 Å². The molecule has 4 N–H and O–H groups in total. The highest BCUT2D eigenvalue weighted by atomic mass is 16.5. The predicted octanol–water partition coefficient (Wildman–Crippen LogP) is 3.38. The van der Waals surface area contributed by atoms with E-state index in [0.717, 1.165) is 29.8 Å². The maximum absolute atomic E-state index is 5.80.